The summed E-state index contributed by atoms with van der Waals surface area (Å²) in [6.45, 7) is 3.83. The summed E-state index contributed by atoms with van der Waals surface area (Å²) in [7, 11) is 1.60. The molecule has 132 valence electrons. The zero-order valence-electron chi connectivity index (χ0n) is 14.4. The van der Waals surface area contributed by atoms with Gasteiger partial charge in [0.25, 0.3) is 0 Å². The van der Waals surface area contributed by atoms with Gasteiger partial charge in [0.1, 0.15) is 17.2 Å². The average molecular weight is 343 g/mol. The number of hydrogen-bond acceptors (Lipinski definition) is 6. The van der Waals surface area contributed by atoms with Crippen molar-refractivity contribution in [2.45, 2.75) is 32.7 Å². The Hall–Kier alpha value is -2.64. The van der Waals surface area contributed by atoms with Crippen LogP contribution in [0.4, 0.5) is 5.69 Å². The molecule has 0 radical (unpaired) electrons. The number of aliphatic hydroxyl groups is 1. The number of anilines is 1. The number of nitrogens with zero attached hydrogens (tertiary/aromatic N) is 2. The average Bonchev–Trinajstić information content (AvgIpc) is 2.90. The fourth-order valence-electron chi connectivity index (χ4n) is 2.77. The number of ether oxygens (including phenoxy) is 2. The molecule has 2 aromatic rings. The zero-order chi connectivity index (χ0) is 18.0. The number of carbonyl (C=O) groups excluding carboxylic acids is 1. The Morgan fingerprint density at radius 3 is 2.76 bits per heavy atom. The maximum absolute atomic E-state index is 12.4. The summed E-state index contributed by atoms with van der Waals surface area (Å²) in [5.74, 6) is 1.59. The lowest BCUT2D eigenvalue weighted by atomic mass is 10.2. The standard InChI is InChI=1S/C18H21N3O4/c1-4-15-17(22)21(18(23)20-15)12-7-14(10-19-9-12)25-13-6-5-11(2)16(8-13)24-3/h5-10,15,18,20,23H,4H2,1-3H3/t15-,18?/m1/s1. The van der Waals surface area contributed by atoms with Gasteiger partial charge in [-0.25, -0.2) is 0 Å². The Kier molecular flexibility index (Phi) is 4.87. The predicted octanol–water partition coefficient (Wildman–Crippen LogP) is 2.18. The molecule has 1 aliphatic heterocycles. The summed E-state index contributed by atoms with van der Waals surface area (Å²) in [6.07, 6.45) is 2.59. The third-order valence-electron chi connectivity index (χ3n) is 4.13. The summed E-state index contributed by atoms with van der Waals surface area (Å²) in [5, 5.41) is 12.9. The van der Waals surface area contributed by atoms with Gasteiger partial charge < -0.3 is 14.6 Å². The summed E-state index contributed by atoms with van der Waals surface area (Å²) in [6, 6.07) is 6.78. The molecule has 0 saturated carbocycles. The van der Waals surface area contributed by atoms with Crippen molar-refractivity contribution in [2.24, 2.45) is 0 Å². The van der Waals surface area contributed by atoms with Gasteiger partial charge >= 0.3 is 0 Å². The third-order valence-corrected chi connectivity index (χ3v) is 4.13. The van der Waals surface area contributed by atoms with Crippen molar-refractivity contribution in [1.82, 2.24) is 10.3 Å². The van der Waals surface area contributed by atoms with Crippen LogP contribution in [0.1, 0.15) is 18.9 Å². The van der Waals surface area contributed by atoms with Crippen molar-refractivity contribution in [3.8, 4) is 17.2 Å². The first-order chi connectivity index (χ1) is 12.0. The molecule has 1 amide bonds. The fraction of sp³-hybridized carbons (Fsp3) is 0.333. The van der Waals surface area contributed by atoms with Gasteiger partial charge in [-0.15, -0.1) is 0 Å². The van der Waals surface area contributed by atoms with Crippen molar-refractivity contribution in [1.29, 1.82) is 0 Å². The second-order valence-corrected chi connectivity index (χ2v) is 5.82. The molecule has 0 aliphatic carbocycles. The van der Waals surface area contributed by atoms with Crippen LogP contribution in [-0.2, 0) is 4.79 Å². The Balaban J connectivity index is 1.84. The van der Waals surface area contributed by atoms with E-state index in [1.54, 1.807) is 25.4 Å². The van der Waals surface area contributed by atoms with Gasteiger partial charge in [-0.2, -0.15) is 0 Å². The first kappa shape index (κ1) is 17.2. The van der Waals surface area contributed by atoms with Gasteiger partial charge in [0.05, 0.1) is 31.2 Å². The van der Waals surface area contributed by atoms with E-state index < -0.39 is 12.4 Å². The predicted molar refractivity (Wildman–Crippen MR) is 92.7 cm³/mol. The van der Waals surface area contributed by atoms with Crippen LogP contribution < -0.4 is 19.7 Å². The normalized spacial score (nSPS) is 20.0. The first-order valence-corrected chi connectivity index (χ1v) is 8.08. The number of methoxy groups -OCH3 is 1. The Labute approximate surface area is 146 Å². The van der Waals surface area contributed by atoms with Gasteiger partial charge in [-0.3, -0.25) is 20.0 Å². The van der Waals surface area contributed by atoms with Gasteiger partial charge in [0.15, 0.2) is 6.35 Å². The second-order valence-electron chi connectivity index (χ2n) is 5.82. The number of aryl methyl sites for hydroxylation is 1. The quantitative estimate of drug-likeness (QED) is 0.866. The van der Waals surface area contributed by atoms with E-state index in [4.69, 9.17) is 9.47 Å². The van der Waals surface area contributed by atoms with Gasteiger partial charge in [0.2, 0.25) is 5.91 Å². The fourth-order valence-corrected chi connectivity index (χ4v) is 2.77. The van der Waals surface area contributed by atoms with Crippen molar-refractivity contribution in [3.05, 3.63) is 42.2 Å². The Morgan fingerprint density at radius 2 is 2.08 bits per heavy atom. The Bertz CT molecular complexity index is 781. The molecular weight excluding hydrogens is 322 g/mol. The van der Waals surface area contributed by atoms with Crippen LogP contribution in [-0.4, -0.2) is 35.5 Å². The largest absolute Gasteiger partial charge is 0.496 e. The van der Waals surface area contributed by atoms with E-state index in [1.165, 1.54) is 11.1 Å². The highest BCUT2D eigenvalue weighted by atomic mass is 16.5. The summed E-state index contributed by atoms with van der Waals surface area (Å²) in [5.41, 5.74) is 1.47. The number of carbonyl (C=O) groups is 1. The maximum Gasteiger partial charge on any atom is 0.247 e. The molecule has 0 spiro atoms. The molecule has 1 aromatic heterocycles. The van der Waals surface area contributed by atoms with E-state index in [2.05, 4.69) is 10.3 Å². The van der Waals surface area contributed by atoms with Crippen molar-refractivity contribution in [3.63, 3.8) is 0 Å². The highest BCUT2D eigenvalue weighted by Crippen LogP contribution is 2.30. The molecule has 1 fully saturated rings. The SMILES string of the molecule is CC[C@H]1NC(O)N(c2cncc(Oc3ccc(C)c(OC)c3)c2)C1=O. The van der Waals surface area contributed by atoms with Crippen LogP contribution in [0.3, 0.4) is 0 Å². The van der Waals surface area contributed by atoms with Gasteiger partial charge in [-0.1, -0.05) is 13.0 Å². The number of aliphatic hydroxyl groups excluding tert-OH is 1. The van der Waals surface area contributed by atoms with Crippen LogP contribution in [0.2, 0.25) is 0 Å². The van der Waals surface area contributed by atoms with Crippen molar-refractivity contribution >= 4 is 11.6 Å². The molecule has 0 bridgehead atoms. The molecule has 7 heteroatoms. The van der Waals surface area contributed by atoms with Crippen LogP contribution in [0, 0.1) is 6.92 Å². The highest BCUT2D eigenvalue weighted by Gasteiger charge is 2.38. The number of amides is 1. The number of rotatable bonds is 5. The lowest BCUT2D eigenvalue weighted by Gasteiger charge is -2.19. The number of benzene rings is 1. The van der Waals surface area contributed by atoms with Crippen LogP contribution in [0.5, 0.6) is 17.2 Å². The third kappa shape index (κ3) is 3.42. The minimum absolute atomic E-state index is 0.189. The first-order valence-electron chi connectivity index (χ1n) is 8.08. The summed E-state index contributed by atoms with van der Waals surface area (Å²) < 4.78 is 11.1. The molecule has 7 nitrogen and oxygen atoms in total. The van der Waals surface area contributed by atoms with E-state index in [0.29, 0.717) is 23.6 Å². The molecule has 2 atom stereocenters. The van der Waals surface area contributed by atoms with E-state index in [0.717, 1.165) is 11.3 Å². The summed E-state index contributed by atoms with van der Waals surface area (Å²) in [4.78, 5) is 17.8. The van der Waals surface area contributed by atoms with Crippen molar-refractivity contribution in [2.75, 3.05) is 12.0 Å². The monoisotopic (exact) mass is 343 g/mol. The number of aromatic nitrogens is 1. The molecule has 1 saturated heterocycles. The molecule has 3 rings (SSSR count). The number of nitrogens with one attached hydrogen (secondary N) is 1. The molecule has 1 unspecified atom stereocenters. The minimum atomic E-state index is -1.08. The van der Waals surface area contributed by atoms with Gasteiger partial charge in [-0.05, 0) is 25.0 Å². The van der Waals surface area contributed by atoms with Crippen LogP contribution >= 0.6 is 0 Å². The van der Waals surface area contributed by atoms with E-state index in [9.17, 15) is 9.90 Å². The highest BCUT2D eigenvalue weighted by molar-refractivity contribution is 5.99. The molecule has 2 heterocycles. The molecule has 2 N–H and O–H groups in total. The summed E-state index contributed by atoms with van der Waals surface area (Å²) >= 11 is 0. The topological polar surface area (TPSA) is 83.9 Å². The van der Waals surface area contributed by atoms with E-state index in [-0.39, 0.29) is 5.91 Å². The van der Waals surface area contributed by atoms with Crippen LogP contribution in [0.15, 0.2) is 36.7 Å². The maximum atomic E-state index is 12.4. The lowest BCUT2D eigenvalue weighted by Crippen LogP contribution is -2.37. The zero-order valence-corrected chi connectivity index (χ0v) is 14.4. The number of pyridine rings is 1. The van der Waals surface area contributed by atoms with E-state index >= 15 is 0 Å². The second kappa shape index (κ2) is 7.08. The molecular formula is C18H21N3O4. The lowest BCUT2D eigenvalue weighted by molar-refractivity contribution is -0.118. The molecule has 1 aliphatic rings. The number of hydrogen-bond donors (Lipinski definition) is 2. The molecule has 1 aromatic carbocycles. The smallest absolute Gasteiger partial charge is 0.247 e. The van der Waals surface area contributed by atoms with E-state index in [1.807, 2.05) is 26.0 Å². The molecule has 25 heavy (non-hydrogen) atoms. The minimum Gasteiger partial charge on any atom is -0.496 e. The van der Waals surface area contributed by atoms with Gasteiger partial charge in [0, 0.05) is 12.1 Å². The van der Waals surface area contributed by atoms with Crippen molar-refractivity contribution < 1.29 is 19.4 Å². The Morgan fingerprint density at radius 1 is 1.28 bits per heavy atom. The van der Waals surface area contributed by atoms with Crippen LogP contribution in [0.25, 0.3) is 0 Å².